The minimum absolute atomic E-state index is 0.0422. The average molecular weight is 257 g/mol. The van der Waals surface area contributed by atoms with Crippen LogP contribution in [0.2, 0.25) is 0 Å². The third-order valence-electron chi connectivity index (χ3n) is 1.25. The van der Waals surface area contributed by atoms with Crippen LogP contribution < -0.4 is 5.32 Å². The Morgan fingerprint density at radius 3 is 2.57 bits per heavy atom. The fourth-order valence-electron chi connectivity index (χ4n) is 0.499. The van der Waals surface area contributed by atoms with E-state index < -0.39 is 14.2 Å². The molecule has 0 fully saturated rings. The van der Waals surface area contributed by atoms with Crippen molar-refractivity contribution >= 4 is 37.5 Å². The molecule has 0 saturated carbocycles. The molecule has 0 radical (unpaired) electrons. The number of ether oxygens (including phenoxy) is 1. The highest BCUT2D eigenvalue weighted by Gasteiger charge is 2.20. The molecule has 0 rings (SSSR count). The molecule has 0 bridgehead atoms. The third kappa shape index (κ3) is 7.69. The van der Waals surface area contributed by atoms with Crippen molar-refractivity contribution in [2.75, 3.05) is 13.5 Å². The van der Waals surface area contributed by atoms with Crippen LogP contribution in [0.1, 0.15) is 20.8 Å². The van der Waals surface area contributed by atoms with Crippen LogP contribution in [0.25, 0.3) is 0 Å². The molecule has 0 aromatic heterocycles. The standard InChI is InChI=1S/C7H15NO3S3/c1-7(2,3)6(9)8-4-10-5-11-14(12)13/h4-5H2,1-3H3,(H,8,9)(H,12,13). The normalized spacial score (nSPS) is 13.7. The number of nitrogens with one attached hydrogen (secondary N) is 1. The first-order valence-electron chi connectivity index (χ1n) is 3.94. The maximum absolute atomic E-state index is 11.3. The van der Waals surface area contributed by atoms with Gasteiger partial charge in [0.1, 0.15) is 6.73 Å². The lowest BCUT2D eigenvalue weighted by molar-refractivity contribution is -0.131. The van der Waals surface area contributed by atoms with Gasteiger partial charge >= 0.3 is 0 Å². The first-order chi connectivity index (χ1) is 6.34. The Balaban J connectivity index is 3.46. The molecule has 0 aliphatic carbocycles. The van der Waals surface area contributed by atoms with Crippen molar-refractivity contribution in [3.05, 3.63) is 0 Å². The summed E-state index contributed by atoms with van der Waals surface area (Å²) < 4.78 is 9.79. The maximum atomic E-state index is 11.3. The summed E-state index contributed by atoms with van der Waals surface area (Å²) in [5, 5.41) is 2.60. The summed E-state index contributed by atoms with van der Waals surface area (Å²) in [6.07, 6.45) is 0. The minimum Gasteiger partial charge on any atom is -0.334 e. The van der Waals surface area contributed by atoms with Gasteiger partial charge in [-0.25, -0.2) is 0 Å². The van der Waals surface area contributed by atoms with Crippen LogP contribution in [0.4, 0.5) is 0 Å². The first-order valence-corrected chi connectivity index (χ1v) is 7.07. The maximum Gasteiger partial charge on any atom is 0.227 e. The van der Waals surface area contributed by atoms with Gasteiger partial charge in [0.25, 0.3) is 0 Å². The largest absolute Gasteiger partial charge is 0.334 e. The molecule has 0 aromatic carbocycles. The van der Waals surface area contributed by atoms with Crippen molar-refractivity contribution in [1.29, 1.82) is 0 Å². The Bertz CT molecular complexity index is 215. The highest BCUT2D eigenvalue weighted by molar-refractivity contribution is 8.74. The highest BCUT2D eigenvalue weighted by atomic mass is 33.3. The summed E-state index contributed by atoms with van der Waals surface area (Å²) in [4.78, 5) is 11.3. The van der Waals surface area contributed by atoms with Crippen LogP contribution in [0.15, 0.2) is 0 Å². The van der Waals surface area contributed by atoms with Gasteiger partial charge in [-0.05, 0) is 11.2 Å². The van der Waals surface area contributed by atoms with Gasteiger partial charge in [0.05, 0.1) is 8.77 Å². The van der Waals surface area contributed by atoms with Gasteiger partial charge in [0.15, 0.2) is 6.79 Å². The lowest BCUT2D eigenvalue weighted by Crippen LogP contribution is -2.36. The van der Waals surface area contributed by atoms with E-state index in [0.717, 1.165) is 0 Å². The zero-order chi connectivity index (χ0) is 11.2. The Hall–Kier alpha value is 0.310. The third-order valence-corrected chi connectivity index (χ3v) is 2.15. The Kier molecular flexibility index (Phi) is 6.88. The van der Waals surface area contributed by atoms with E-state index in [4.69, 9.17) is 8.92 Å². The van der Waals surface area contributed by atoms with Gasteiger partial charge in [0.2, 0.25) is 5.91 Å². The van der Waals surface area contributed by atoms with E-state index in [-0.39, 0.29) is 19.4 Å². The monoisotopic (exact) mass is 257 g/mol. The molecular formula is C7H15NO3S3. The molecular weight excluding hydrogens is 242 g/mol. The Labute approximate surface area is 96.3 Å². The van der Waals surface area contributed by atoms with E-state index >= 15 is 0 Å². The molecule has 1 unspecified atom stereocenters. The molecule has 1 atom stereocenters. The number of carbonyl (C=O) groups excluding carboxylic acids is 1. The van der Waals surface area contributed by atoms with E-state index in [9.17, 15) is 4.79 Å². The number of hydrogen-bond donors (Lipinski definition) is 2. The van der Waals surface area contributed by atoms with Crippen LogP contribution in [0, 0.1) is 5.41 Å². The SMILES string of the molecule is CC(C)(C)C(=O)NCOCOS(=S)S. The molecule has 84 valence electrons. The van der Waals surface area contributed by atoms with Crippen molar-refractivity contribution in [2.45, 2.75) is 20.8 Å². The molecule has 14 heavy (non-hydrogen) atoms. The molecule has 1 N–H and O–H groups in total. The van der Waals surface area contributed by atoms with Crippen molar-refractivity contribution < 1.29 is 13.7 Å². The second-order valence-electron chi connectivity index (χ2n) is 3.56. The summed E-state index contributed by atoms with van der Waals surface area (Å²) in [6, 6.07) is 0. The predicted molar refractivity (Wildman–Crippen MR) is 63.2 cm³/mol. The summed E-state index contributed by atoms with van der Waals surface area (Å²) in [5.41, 5.74) is -0.407. The zero-order valence-corrected chi connectivity index (χ0v) is 10.9. The van der Waals surface area contributed by atoms with E-state index in [1.807, 2.05) is 20.8 Å². The van der Waals surface area contributed by atoms with E-state index in [2.05, 4.69) is 28.2 Å². The van der Waals surface area contributed by atoms with Gasteiger partial charge in [-0.2, -0.15) is 0 Å². The van der Waals surface area contributed by atoms with Gasteiger partial charge in [-0.15, -0.1) is 0 Å². The lowest BCUT2D eigenvalue weighted by atomic mass is 9.96. The molecule has 0 aliphatic heterocycles. The zero-order valence-electron chi connectivity index (χ0n) is 8.40. The smallest absolute Gasteiger partial charge is 0.227 e. The number of carbonyl (C=O) groups is 1. The first kappa shape index (κ1) is 14.3. The summed E-state index contributed by atoms with van der Waals surface area (Å²) in [7, 11) is -0.807. The lowest BCUT2D eigenvalue weighted by Gasteiger charge is -2.17. The van der Waals surface area contributed by atoms with Crippen LogP contribution in [-0.4, -0.2) is 19.4 Å². The molecule has 0 aliphatic rings. The minimum atomic E-state index is -0.807. The fourth-order valence-corrected chi connectivity index (χ4v) is 0.896. The van der Waals surface area contributed by atoms with E-state index in [1.165, 1.54) is 0 Å². The number of hydrogen-bond acceptors (Lipinski definition) is 4. The van der Waals surface area contributed by atoms with Gasteiger partial charge in [-0.3, -0.25) is 8.98 Å². The van der Waals surface area contributed by atoms with Crippen molar-refractivity contribution in [3.8, 4) is 0 Å². The van der Waals surface area contributed by atoms with Crippen molar-refractivity contribution in [3.63, 3.8) is 0 Å². The fraction of sp³-hybridized carbons (Fsp3) is 0.857. The quantitative estimate of drug-likeness (QED) is 0.333. The Morgan fingerprint density at radius 2 is 2.14 bits per heavy atom. The molecule has 7 heteroatoms. The van der Waals surface area contributed by atoms with Crippen LogP contribution in [0.5, 0.6) is 0 Å². The molecule has 4 nitrogen and oxygen atoms in total. The number of amides is 1. The van der Waals surface area contributed by atoms with E-state index in [1.54, 1.807) is 0 Å². The number of rotatable bonds is 5. The average Bonchev–Trinajstić information content (AvgIpc) is 2.01. The van der Waals surface area contributed by atoms with Crippen LogP contribution in [0.3, 0.4) is 0 Å². The summed E-state index contributed by atoms with van der Waals surface area (Å²) >= 11 is 8.48. The molecule has 0 heterocycles. The second-order valence-corrected chi connectivity index (χ2v) is 6.87. The molecule has 0 spiro atoms. The van der Waals surface area contributed by atoms with Gasteiger partial charge < -0.3 is 10.1 Å². The van der Waals surface area contributed by atoms with Crippen LogP contribution in [-0.2, 0) is 33.7 Å². The van der Waals surface area contributed by atoms with Crippen LogP contribution >= 0.6 is 11.7 Å². The molecule has 0 saturated heterocycles. The second kappa shape index (κ2) is 6.73. The summed E-state index contributed by atoms with van der Waals surface area (Å²) in [6.45, 7) is 5.64. The number of thiol groups is 1. The molecule has 0 aromatic rings. The Morgan fingerprint density at radius 1 is 1.57 bits per heavy atom. The van der Waals surface area contributed by atoms with Gasteiger partial charge in [0, 0.05) is 5.41 Å². The molecule has 1 amide bonds. The van der Waals surface area contributed by atoms with E-state index in [0.29, 0.717) is 0 Å². The van der Waals surface area contributed by atoms with Gasteiger partial charge in [-0.1, -0.05) is 32.4 Å². The van der Waals surface area contributed by atoms with Crippen molar-refractivity contribution in [1.82, 2.24) is 5.32 Å². The topological polar surface area (TPSA) is 47.6 Å². The van der Waals surface area contributed by atoms with Crippen molar-refractivity contribution in [2.24, 2.45) is 5.41 Å². The highest BCUT2D eigenvalue weighted by Crippen LogP contribution is 2.11. The predicted octanol–water partition coefficient (Wildman–Crippen LogP) is 0.937. The summed E-state index contributed by atoms with van der Waals surface area (Å²) in [5.74, 6) is -0.0688.